The molecule has 0 N–H and O–H groups in total. The molecule has 3 fully saturated rings. The van der Waals surface area contributed by atoms with Crippen molar-refractivity contribution in [2.45, 2.75) is 31.5 Å². The summed E-state index contributed by atoms with van der Waals surface area (Å²) in [5.41, 5.74) is 0.220. The van der Waals surface area contributed by atoms with Crippen LogP contribution in [-0.2, 0) is 14.3 Å². The van der Waals surface area contributed by atoms with Crippen LogP contribution in [0.3, 0.4) is 0 Å². The van der Waals surface area contributed by atoms with Crippen LogP contribution in [0.15, 0.2) is 0 Å². The Bertz CT molecular complexity index is 219. The molecule has 3 nitrogen and oxygen atoms in total. The van der Waals surface area contributed by atoms with Crippen LogP contribution in [0.5, 0.6) is 0 Å². The van der Waals surface area contributed by atoms with E-state index in [-0.39, 0.29) is 23.4 Å². The summed E-state index contributed by atoms with van der Waals surface area (Å²) in [7, 11) is 0. The molecule has 2 saturated carbocycles. The minimum atomic E-state index is -0.211. The van der Waals surface area contributed by atoms with Gasteiger partial charge in [-0.15, -0.1) is 0 Å². The second-order valence-corrected chi connectivity index (χ2v) is 3.80. The molecule has 2 aliphatic carbocycles. The number of hydrogen-bond donors (Lipinski definition) is 0. The molecule has 3 heteroatoms. The fraction of sp³-hybridized carbons (Fsp3) is 0.875. The van der Waals surface area contributed by atoms with Crippen LogP contribution in [-0.4, -0.2) is 24.8 Å². The van der Waals surface area contributed by atoms with Crippen molar-refractivity contribution in [3.63, 3.8) is 0 Å². The van der Waals surface area contributed by atoms with Crippen LogP contribution in [0.25, 0.3) is 0 Å². The average molecular weight is 154 g/mol. The first-order chi connectivity index (χ1) is 5.32. The van der Waals surface area contributed by atoms with Gasteiger partial charge in [-0.1, -0.05) is 0 Å². The zero-order valence-electron chi connectivity index (χ0n) is 6.21. The summed E-state index contributed by atoms with van der Waals surface area (Å²) in [5, 5.41) is 0. The van der Waals surface area contributed by atoms with Gasteiger partial charge < -0.3 is 9.47 Å². The smallest absolute Gasteiger partial charge is 0.165 e. The first-order valence-electron chi connectivity index (χ1n) is 4.08. The minimum absolute atomic E-state index is 0.106. The van der Waals surface area contributed by atoms with Gasteiger partial charge in [0.2, 0.25) is 0 Å². The summed E-state index contributed by atoms with van der Waals surface area (Å²) in [6.45, 7) is 0.322. The standard InChI is InChI=1S/C8H10O3/c9-5-3-8(1-2-8)7-6(5)10-4-11-7/h6-7H,1-4H2/t6-,7-/m1/s1. The van der Waals surface area contributed by atoms with Crippen LogP contribution >= 0.6 is 0 Å². The molecule has 0 aromatic heterocycles. The summed E-state index contributed by atoms with van der Waals surface area (Å²) in [6.07, 6.45) is 2.90. The van der Waals surface area contributed by atoms with Crippen LogP contribution in [0.1, 0.15) is 19.3 Å². The summed E-state index contributed by atoms with van der Waals surface area (Å²) < 4.78 is 10.6. The maximum Gasteiger partial charge on any atom is 0.165 e. The zero-order valence-corrected chi connectivity index (χ0v) is 6.21. The van der Waals surface area contributed by atoms with Gasteiger partial charge in [-0.3, -0.25) is 4.79 Å². The van der Waals surface area contributed by atoms with Gasteiger partial charge in [0, 0.05) is 11.8 Å². The predicted octanol–water partition coefficient (Wildman–Crippen LogP) is 0.481. The van der Waals surface area contributed by atoms with Crippen molar-refractivity contribution in [1.82, 2.24) is 0 Å². The molecule has 1 saturated heterocycles. The van der Waals surface area contributed by atoms with Crippen molar-refractivity contribution in [3.8, 4) is 0 Å². The molecule has 0 amide bonds. The fourth-order valence-electron chi connectivity index (χ4n) is 2.29. The maximum absolute atomic E-state index is 11.3. The summed E-state index contributed by atoms with van der Waals surface area (Å²) in [5.74, 6) is 0.255. The maximum atomic E-state index is 11.3. The van der Waals surface area contributed by atoms with Crippen LogP contribution in [0.4, 0.5) is 0 Å². The highest BCUT2D eigenvalue weighted by Crippen LogP contribution is 2.59. The highest BCUT2D eigenvalue weighted by atomic mass is 16.7. The number of fused-ring (bicyclic) bond motifs is 2. The third-order valence-corrected chi connectivity index (χ3v) is 3.11. The molecular weight excluding hydrogens is 144 g/mol. The van der Waals surface area contributed by atoms with Gasteiger partial charge in [0.05, 0.1) is 6.10 Å². The van der Waals surface area contributed by atoms with E-state index in [9.17, 15) is 4.79 Å². The number of rotatable bonds is 0. The molecule has 0 unspecified atom stereocenters. The molecule has 0 radical (unpaired) electrons. The van der Waals surface area contributed by atoms with E-state index in [0.29, 0.717) is 13.2 Å². The van der Waals surface area contributed by atoms with Gasteiger partial charge in [0.1, 0.15) is 12.9 Å². The number of carbonyl (C=O) groups excluding carboxylic acids is 1. The van der Waals surface area contributed by atoms with E-state index < -0.39 is 0 Å². The van der Waals surface area contributed by atoms with E-state index in [1.54, 1.807) is 0 Å². The summed E-state index contributed by atoms with van der Waals surface area (Å²) >= 11 is 0. The molecule has 11 heavy (non-hydrogen) atoms. The van der Waals surface area contributed by atoms with E-state index in [1.807, 2.05) is 0 Å². The molecule has 1 aliphatic heterocycles. The largest absolute Gasteiger partial charge is 0.348 e. The first-order valence-corrected chi connectivity index (χ1v) is 4.08. The Hall–Kier alpha value is -0.410. The number of Topliss-reactive ketones (excluding diaryl/α,β-unsaturated/α-hetero) is 1. The summed E-state index contributed by atoms with van der Waals surface area (Å²) in [4.78, 5) is 11.3. The van der Waals surface area contributed by atoms with Crippen molar-refractivity contribution >= 4 is 5.78 Å². The number of carbonyl (C=O) groups is 1. The van der Waals surface area contributed by atoms with Crippen molar-refractivity contribution in [3.05, 3.63) is 0 Å². The van der Waals surface area contributed by atoms with E-state index in [1.165, 1.54) is 0 Å². The molecule has 0 aromatic carbocycles. The molecule has 1 heterocycles. The molecular formula is C8H10O3. The quantitative estimate of drug-likeness (QED) is 0.509. The Kier molecular flexibility index (Phi) is 0.932. The second kappa shape index (κ2) is 1.67. The number of hydrogen-bond acceptors (Lipinski definition) is 3. The van der Waals surface area contributed by atoms with E-state index >= 15 is 0 Å². The third kappa shape index (κ3) is 0.631. The van der Waals surface area contributed by atoms with E-state index in [0.717, 1.165) is 12.8 Å². The van der Waals surface area contributed by atoms with Gasteiger partial charge in [-0.25, -0.2) is 0 Å². The van der Waals surface area contributed by atoms with Gasteiger partial charge in [-0.05, 0) is 12.8 Å². The normalized spacial score (nSPS) is 44.9. The van der Waals surface area contributed by atoms with Gasteiger partial charge in [-0.2, -0.15) is 0 Å². The lowest BCUT2D eigenvalue weighted by molar-refractivity contribution is -0.126. The first kappa shape index (κ1) is 6.14. The molecule has 2 atom stereocenters. The molecule has 60 valence electrons. The highest BCUT2D eigenvalue weighted by molar-refractivity contribution is 5.88. The Balaban J connectivity index is 1.97. The number of ketones is 1. The van der Waals surface area contributed by atoms with Gasteiger partial charge in [0.15, 0.2) is 5.78 Å². The number of ether oxygens (including phenoxy) is 2. The Labute approximate surface area is 64.7 Å². The molecule has 0 bridgehead atoms. The minimum Gasteiger partial charge on any atom is -0.348 e. The second-order valence-electron chi connectivity index (χ2n) is 3.80. The predicted molar refractivity (Wildman–Crippen MR) is 35.9 cm³/mol. The topological polar surface area (TPSA) is 35.5 Å². The Morgan fingerprint density at radius 2 is 2.18 bits per heavy atom. The van der Waals surface area contributed by atoms with Crippen molar-refractivity contribution in [2.24, 2.45) is 5.41 Å². The Morgan fingerprint density at radius 3 is 2.91 bits per heavy atom. The van der Waals surface area contributed by atoms with E-state index in [4.69, 9.17) is 9.47 Å². The average Bonchev–Trinajstić information content (AvgIpc) is 2.52. The van der Waals surface area contributed by atoms with Gasteiger partial charge in [0.25, 0.3) is 0 Å². The lowest BCUT2D eigenvalue weighted by Gasteiger charge is -2.11. The van der Waals surface area contributed by atoms with Crippen molar-refractivity contribution < 1.29 is 14.3 Å². The highest BCUT2D eigenvalue weighted by Gasteiger charge is 2.63. The van der Waals surface area contributed by atoms with Crippen LogP contribution in [0, 0.1) is 5.41 Å². The summed E-state index contributed by atoms with van der Waals surface area (Å²) in [6, 6.07) is 0. The van der Waals surface area contributed by atoms with E-state index in [2.05, 4.69) is 0 Å². The van der Waals surface area contributed by atoms with Crippen molar-refractivity contribution in [2.75, 3.05) is 6.79 Å². The molecule has 3 aliphatic rings. The lowest BCUT2D eigenvalue weighted by atomic mass is 10.0. The van der Waals surface area contributed by atoms with Crippen molar-refractivity contribution in [1.29, 1.82) is 0 Å². The lowest BCUT2D eigenvalue weighted by Crippen LogP contribution is -2.25. The molecule has 1 spiro atoms. The van der Waals surface area contributed by atoms with Crippen LogP contribution in [0.2, 0.25) is 0 Å². The Morgan fingerprint density at radius 1 is 1.36 bits per heavy atom. The SMILES string of the molecule is O=C1CC2(CC2)[C@@H]2OCO[C@H]12. The fourth-order valence-corrected chi connectivity index (χ4v) is 2.29. The third-order valence-electron chi connectivity index (χ3n) is 3.11. The van der Waals surface area contributed by atoms with Gasteiger partial charge >= 0.3 is 0 Å². The zero-order chi connectivity index (χ0) is 7.47. The molecule has 0 aromatic rings. The molecule has 3 rings (SSSR count). The van der Waals surface area contributed by atoms with Crippen LogP contribution < -0.4 is 0 Å². The monoisotopic (exact) mass is 154 g/mol.